The molecule has 1 unspecified atom stereocenters. The van der Waals surface area contributed by atoms with Crippen LogP contribution in [0.4, 0.5) is 13.2 Å². The highest BCUT2D eigenvalue weighted by Gasteiger charge is 2.34. The van der Waals surface area contributed by atoms with Crippen molar-refractivity contribution in [2.45, 2.75) is 32.5 Å². The van der Waals surface area contributed by atoms with Gasteiger partial charge in [0, 0.05) is 5.38 Å². The van der Waals surface area contributed by atoms with Crippen LogP contribution in [0.25, 0.3) is 0 Å². The van der Waals surface area contributed by atoms with Crippen LogP contribution in [0, 0.1) is 0 Å². The Balaban J connectivity index is 2.67. The molecule has 1 rings (SSSR count). The fraction of sp³-hybridized carbons (Fsp3) is 0.667. The number of thiazole rings is 1. The second-order valence-electron chi connectivity index (χ2n) is 3.24. The number of nitrogens with zero attached hydrogens (tertiary/aromatic N) is 1. The van der Waals surface area contributed by atoms with E-state index in [1.165, 1.54) is 0 Å². The molecular weight excluding hydrogens is 225 g/mol. The molecule has 0 aromatic carbocycles. The van der Waals surface area contributed by atoms with Crippen LogP contribution >= 0.6 is 11.3 Å². The van der Waals surface area contributed by atoms with E-state index in [1.807, 2.05) is 13.8 Å². The summed E-state index contributed by atoms with van der Waals surface area (Å²) in [6, 6.07) is -0.119. The lowest BCUT2D eigenvalue weighted by molar-refractivity contribution is -0.140. The van der Waals surface area contributed by atoms with E-state index >= 15 is 0 Å². The molecular formula is C9H13F3N2S. The van der Waals surface area contributed by atoms with E-state index in [-0.39, 0.29) is 6.04 Å². The number of aromatic nitrogens is 1. The molecule has 1 aromatic heterocycles. The van der Waals surface area contributed by atoms with E-state index < -0.39 is 11.9 Å². The van der Waals surface area contributed by atoms with E-state index in [4.69, 9.17) is 0 Å². The molecule has 6 heteroatoms. The Morgan fingerprint density at radius 3 is 2.67 bits per heavy atom. The smallest absolute Gasteiger partial charge is 0.308 e. The van der Waals surface area contributed by atoms with E-state index in [0.29, 0.717) is 5.01 Å². The molecule has 1 heterocycles. The molecule has 1 N–H and O–H groups in total. The van der Waals surface area contributed by atoms with Crippen molar-refractivity contribution >= 4 is 11.3 Å². The average Bonchev–Trinajstić information content (AvgIpc) is 2.62. The van der Waals surface area contributed by atoms with Crippen LogP contribution in [-0.4, -0.2) is 11.5 Å². The standard InChI is InChI=1S/C9H13F3N2S/c1-3-4-13-6(2)8-14-7(5-15-8)9(10,11)12/h5-6,13H,3-4H2,1-2H3. The fourth-order valence-corrected chi connectivity index (χ4v) is 1.92. The minimum atomic E-state index is -4.33. The Kier molecular flexibility index (Phi) is 4.10. The molecule has 0 aliphatic heterocycles. The number of alkyl halides is 3. The molecule has 1 aromatic rings. The summed E-state index contributed by atoms with van der Waals surface area (Å²) in [4.78, 5) is 3.57. The summed E-state index contributed by atoms with van der Waals surface area (Å²) < 4.78 is 36.7. The van der Waals surface area contributed by atoms with Gasteiger partial charge in [0.2, 0.25) is 0 Å². The maximum Gasteiger partial charge on any atom is 0.434 e. The van der Waals surface area contributed by atoms with Crippen LogP contribution in [0.1, 0.15) is 37.0 Å². The van der Waals surface area contributed by atoms with Gasteiger partial charge in [-0.1, -0.05) is 6.92 Å². The fourth-order valence-electron chi connectivity index (χ4n) is 1.06. The molecule has 0 saturated heterocycles. The van der Waals surface area contributed by atoms with Crippen molar-refractivity contribution in [3.05, 3.63) is 16.1 Å². The van der Waals surface area contributed by atoms with Crippen LogP contribution in [0.2, 0.25) is 0 Å². The summed E-state index contributed by atoms with van der Waals surface area (Å²) in [5.74, 6) is 0. The summed E-state index contributed by atoms with van der Waals surface area (Å²) in [6.45, 7) is 4.60. The van der Waals surface area contributed by atoms with Gasteiger partial charge in [0.1, 0.15) is 5.01 Å². The molecule has 0 bridgehead atoms. The Morgan fingerprint density at radius 1 is 1.53 bits per heavy atom. The Bertz CT molecular complexity index is 309. The van der Waals surface area contributed by atoms with Crippen molar-refractivity contribution < 1.29 is 13.2 Å². The lowest BCUT2D eigenvalue weighted by Gasteiger charge is -2.09. The van der Waals surface area contributed by atoms with Crippen molar-refractivity contribution in [2.75, 3.05) is 6.54 Å². The van der Waals surface area contributed by atoms with Gasteiger partial charge >= 0.3 is 6.18 Å². The van der Waals surface area contributed by atoms with E-state index in [0.717, 1.165) is 29.7 Å². The van der Waals surface area contributed by atoms with Gasteiger partial charge in [0.15, 0.2) is 5.69 Å². The normalized spacial score (nSPS) is 14.2. The maximum atomic E-state index is 12.2. The second kappa shape index (κ2) is 4.94. The van der Waals surface area contributed by atoms with E-state index in [2.05, 4.69) is 10.3 Å². The Morgan fingerprint density at radius 2 is 2.20 bits per heavy atom. The highest BCUT2D eigenvalue weighted by molar-refractivity contribution is 7.09. The van der Waals surface area contributed by atoms with Crippen molar-refractivity contribution in [3.8, 4) is 0 Å². The van der Waals surface area contributed by atoms with Gasteiger partial charge < -0.3 is 5.32 Å². The van der Waals surface area contributed by atoms with Gasteiger partial charge in [-0.05, 0) is 19.9 Å². The molecule has 0 saturated carbocycles. The molecule has 1 atom stereocenters. The monoisotopic (exact) mass is 238 g/mol. The molecule has 0 radical (unpaired) electrons. The molecule has 0 fully saturated rings. The highest BCUT2D eigenvalue weighted by atomic mass is 32.1. The molecule has 2 nitrogen and oxygen atoms in total. The third kappa shape index (κ3) is 3.46. The zero-order chi connectivity index (χ0) is 11.5. The first-order valence-electron chi connectivity index (χ1n) is 4.71. The topological polar surface area (TPSA) is 24.9 Å². The molecule has 86 valence electrons. The van der Waals surface area contributed by atoms with Crippen LogP contribution < -0.4 is 5.32 Å². The largest absolute Gasteiger partial charge is 0.434 e. The minimum absolute atomic E-state index is 0.119. The number of hydrogen-bond donors (Lipinski definition) is 1. The third-order valence-electron chi connectivity index (χ3n) is 1.88. The van der Waals surface area contributed by atoms with Gasteiger partial charge in [-0.2, -0.15) is 13.2 Å². The summed E-state index contributed by atoms with van der Waals surface area (Å²) in [6.07, 6.45) is -3.39. The van der Waals surface area contributed by atoms with Crippen molar-refractivity contribution in [1.82, 2.24) is 10.3 Å². The van der Waals surface area contributed by atoms with Crippen molar-refractivity contribution in [3.63, 3.8) is 0 Å². The van der Waals surface area contributed by atoms with E-state index in [1.54, 1.807) is 0 Å². The first-order valence-corrected chi connectivity index (χ1v) is 5.59. The molecule has 0 aliphatic rings. The summed E-state index contributed by atoms with van der Waals surface area (Å²) >= 11 is 1.04. The number of nitrogens with one attached hydrogen (secondary N) is 1. The predicted octanol–water partition coefficient (Wildman–Crippen LogP) is 3.22. The van der Waals surface area contributed by atoms with Crippen LogP contribution in [-0.2, 0) is 6.18 Å². The first kappa shape index (κ1) is 12.4. The average molecular weight is 238 g/mol. The van der Waals surface area contributed by atoms with Gasteiger partial charge in [0.05, 0.1) is 6.04 Å². The highest BCUT2D eigenvalue weighted by Crippen LogP contribution is 2.31. The Labute approximate surface area is 90.5 Å². The van der Waals surface area contributed by atoms with E-state index in [9.17, 15) is 13.2 Å². The summed E-state index contributed by atoms with van der Waals surface area (Å²) in [7, 11) is 0. The van der Waals surface area contributed by atoms with Crippen LogP contribution in [0.3, 0.4) is 0 Å². The molecule has 15 heavy (non-hydrogen) atoms. The second-order valence-corrected chi connectivity index (χ2v) is 4.13. The molecule has 0 aliphatic carbocycles. The molecule has 0 spiro atoms. The lowest BCUT2D eigenvalue weighted by Crippen LogP contribution is -2.19. The minimum Gasteiger partial charge on any atom is -0.308 e. The van der Waals surface area contributed by atoms with Crippen molar-refractivity contribution in [1.29, 1.82) is 0 Å². The zero-order valence-corrected chi connectivity index (χ0v) is 9.37. The van der Waals surface area contributed by atoms with Gasteiger partial charge in [-0.3, -0.25) is 0 Å². The van der Waals surface area contributed by atoms with Gasteiger partial charge in [0.25, 0.3) is 0 Å². The Hall–Kier alpha value is -0.620. The quantitative estimate of drug-likeness (QED) is 0.871. The molecule has 0 amide bonds. The maximum absolute atomic E-state index is 12.2. The third-order valence-corrected chi connectivity index (χ3v) is 2.91. The number of halogens is 3. The first-order chi connectivity index (χ1) is 6.95. The van der Waals surface area contributed by atoms with Gasteiger partial charge in [-0.15, -0.1) is 11.3 Å². The van der Waals surface area contributed by atoms with Crippen LogP contribution in [0.5, 0.6) is 0 Å². The predicted molar refractivity (Wildman–Crippen MR) is 53.8 cm³/mol. The number of rotatable bonds is 4. The van der Waals surface area contributed by atoms with Crippen LogP contribution in [0.15, 0.2) is 5.38 Å². The summed E-state index contributed by atoms with van der Waals surface area (Å²) in [5.41, 5.74) is -0.798. The van der Waals surface area contributed by atoms with Gasteiger partial charge in [-0.25, -0.2) is 4.98 Å². The zero-order valence-electron chi connectivity index (χ0n) is 8.56. The SMILES string of the molecule is CCCNC(C)c1nc(C(F)(F)F)cs1. The summed E-state index contributed by atoms with van der Waals surface area (Å²) in [5, 5.41) is 4.63. The van der Waals surface area contributed by atoms with Crippen molar-refractivity contribution in [2.24, 2.45) is 0 Å². The number of hydrogen-bond acceptors (Lipinski definition) is 3. The lowest BCUT2D eigenvalue weighted by atomic mass is 10.3.